The largest absolute Gasteiger partial charge is 0.325 e. The minimum absolute atomic E-state index is 0. The van der Waals surface area contributed by atoms with Crippen molar-refractivity contribution in [2.45, 2.75) is 117 Å². The molecule has 182 valence electrons. The van der Waals surface area contributed by atoms with Crippen molar-refractivity contribution < 1.29 is 46.4 Å². The Hall–Kier alpha value is 1.58. The normalized spacial score (nSPS) is 10.9. The maximum atomic E-state index is 7.56. The molecule has 0 aliphatic carbocycles. The Morgan fingerprint density at radius 2 is 0.517 bits per heavy atom. The van der Waals surface area contributed by atoms with Gasteiger partial charge in [0.25, 0.3) is 0 Å². The van der Waals surface area contributed by atoms with E-state index < -0.39 is 13.4 Å². The standard InChI is InChI=1S/C18H38.Fe.2H3O3PS/c1-3-5-7-9-11-13-15-17-18-16-14-12-10-8-6-4-2;;2*1-4(2,3)5/h3-18H2,1-2H3;;2*(H3,1,2,3,5). The van der Waals surface area contributed by atoms with Crippen molar-refractivity contribution in [2.75, 3.05) is 0 Å². The molecule has 0 atom stereocenters. The second-order valence-corrected chi connectivity index (χ2v) is 12.0. The Morgan fingerprint density at radius 3 is 0.621 bits per heavy atom. The van der Waals surface area contributed by atoms with Crippen LogP contribution in [-0.2, 0) is 40.7 Å². The van der Waals surface area contributed by atoms with E-state index in [1.54, 1.807) is 0 Å². The Balaban J connectivity index is -0.000000235. The van der Waals surface area contributed by atoms with Crippen molar-refractivity contribution in [3.8, 4) is 0 Å². The quantitative estimate of drug-likeness (QED) is 0.0900. The molecule has 0 saturated heterocycles. The van der Waals surface area contributed by atoms with Crippen molar-refractivity contribution in [3.63, 3.8) is 0 Å². The third-order valence-electron chi connectivity index (χ3n) is 3.96. The van der Waals surface area contributed by atoms with Crippen LogP contribution in [0.5, 0.6) is 0 Å². The van der Waals surface area contributed by atoms with Gasteiger partial charge in [-0.15, -0.1) is 0 Å². The summed E-state index contributed by atoms with van der Waals surface area (Å²) in [6, 6.07) is 0. The molecule has 29 heavy (non-hydrogen) atoms. The van der Waals surface area contributed by atoms with Crippen LogP contribution in [0.3, 0.4) is 0 Å². The predicted octanol–water partition coefficient (Wildman–Crippen LogP) is 5.64. The smallest absolute Gasteiger partial charge is 0.319 e. The van der Waals surface area contributed by atoms with Crippen LogP contribution in [0.2, 0.25) is 0 Å². The fourth-order valence-electron chi connectivity index (χ4n) is 2.62. The first-order chi connectivity index (χ1) is 12.9. The van der Waals surface area contributed by atoms with E-state index in [-0.39, 0.29) is 17.1 Å². The monoisotopic (exact) mass is 538 g/mol. The van der Waals surface area contributed by atoms with Gasteiger partial charge in [-0.3, -0.25) is 0 Å². The van der Waals surface area contributed by atoms with Crippen molar-refractivity contribution in [1.29, 1.82) is 0 Å². The molecule has 0 radical (unpaired) electrons. The fraction of sp³-hybridized carbons (Fsp3) is 1.00. The molecule has 0 saturated carbocycles. The van der Waals surface area contributed by atoms with Gasteiger partial charge in [-0.05, 0) is 23.6 Å². The van der Waals surface area contributed by atoms with Gasteiger partial charge >= 0.3 is 13.4 Å². The number of hydrogen-bond acceptors (Lipinski definition) is 2. The SMILES string of the molecule is CCCCCCCCCCCCCCCCCC.OP(O)(O)=S.OP(O)(O)=S.[Fe]. The summed E-state index contributed by atoms with van der Waals surface area (Å²) >= 11 is 7.21. The van der Waals surface area contributed by atoms with Crippen molar-refractivity contribution in [3.05, 3.63) is 0 Å². The summed E-state index contributed by atoms with van der Waals surface area (Å²) < 4.78 is 0. The average Bonchev–Trinajstić information content (AvgIpc) is 2.52. The van der Waals surface area contributed by atoms with E-state index in [1.807, 2.05) is 0 Å². The molecule has 0 heterocycles. The third-order valence-corrected chi connectivity index (χ3v) is 3.96. The molecular weight excluding hydrogens is 494 g/mol. The zero-order valence-corrected chi connectivity index (χ0v) is 22.6. The zero-order chi connectivity index (χ0) is 22.3. The molecule has 6 N–H and O–H groups in total. The molecule has 6 nitrogen and oxygen atoms in total. The molecular formula is C18H44FeO6P2S2. The fourth-order valence-corrected chi connectivity index (χ4v) is 2.62. The van der Waals surface area contributed by atoms with Gasteiger partial charge in [-0.25, -0.2) is 0 Å². The molecule has 0 aliphatic rings. The van der Waals surface area contributed by atoms with Gasteiger partial charge in [0.1, 0.15) is 0 Å². The minimum Gasteiger partial charge on any atom is -0.325 e. The Morgan fingerprint density at radius 1 is 0.414 bits per heavy atom. The summed E-state index contributed by atoms with van der Waals surface area (Å²) in [5, 5.41) is 0. The van der Waals surface area contributed by atoms with Crippen LogP contribution in [0.4, 0.5) is 0 Å². The van der Waals surface area contributed by atoms with Gasteiger partial charge in [0, 0.05) is 17.1 Å². The molecule has 0 unspecified atom stereocenters. The maximum absolute atomic E-state index is 7.56. The van der Waals surface area contributed by atoms with E-state index in [1.165, 1.54) is 103 Å². The van der Waals surface area contributed by atoms with Gasteiger partial charge in [-0.2, -0.15) is 0 Å². The van der Waals surface area contributed by atoms with E-state index in [4.69, 9.17) is 29.4 Å². The predicted molar refractivity (Wildman–Crippen MR) is 127 cm³/mol. The van der Waals surface area contributed by atoms with Gasteiger partial charge in [0.05, 0.1) is 0 Å². The Labute approximate surface area is 199 Å². The van der Waals surface area contributed by atoms with E-state index in [0.29, 0.717) is 0 Å². The molecule has 0 aromatic heterocycles. The molecule has 0 fully saturated rings. The van der Waals surface area contributed by atoms with Crippen molar-refractivity contribution in [1.82, 2.24) is 0 Å². The summed E-state index contributed by atoms with van der Waals surface area (Å²) in [6.45, 7) is -3.02. The minimum atomic E-state index is -3.81. The molecule has 0 amide bonds. The van der Waals surface area contributed by atoms with E-state index in [0.717, 1.165) is 0 Å². The second-order valence-electron chi connectivity index (χ2n) is 6.98. The first-order valence-corrected chi connectivity index (χ1v) is 15.8. The molecule has 0 spiro atoms. The third kappa shape index (κ3) is 81.9. The van der Waals surface area contributed by atoms with E-state index >= 15 is 0 Å². The van der Waals surface area contributed by atoms with Crippen LogP contribution >= 0.6 is 13.4 Å². The van der Waals surface area contributed by atoms with Gasteiger partial charge in [-0.1, -0.05) is 117 Å². The van der Waals surface area contributed by atoms with Crippen LogP contribution in [0.1, 0.15) is 117 Å². The van der Waals surface area contributed by atoms with Crippen LogP contribution in [0.25, 0.3) is 0 Å². The van der Waals surface area contributed by atoms with Crippen molar-refractivity contribution in [2.24, 2.45) is 0 Å². The van der Waals surface area contributed by atoms with E-state index in [9.17, 15) is 0 Å². The van der Waals surface area contributed by atoms with Crippen molar-refractivity contribution >= 4 is 37.1 Å². The van der Waals surface area contributed by atoms with E-state index in [2.05, 4.69) is 37.5 Å². The summed E-state index contributed by atoms with van der Waals surface area (Å²) in [7, 11) is 0. The van der Waals surface area contributed by atoms with Crippen LogP contribution in [0.15, 0.2) is 0 Å². The van der Waals surface area contributed by atoms with Crippen LogP contribution in [-0.4, -0.2) is 29.4 Å². The Kier molecular flexibility index (Phi) is 36.1. The average molecular weight is 538 g/mol. The summed E-state index contributed by atoms with van der Waals surface area (Å²) in [6.07, 6.45) is 23.4. The second kappa shape index (κ2) is 27.6. The van der Waals surface area contributed by atoms with Gasteiger partial charge in [0.15, 0.2) is 0 Å². The summed E-state index contributed by atoms with van der Waals surface area (Å²) in [5.41, 5.74) is 0. The summed E-state index contributed by atoms with van der Waals surface area (Å²) in [5.74, 6) is 0. The molecule has 11 heteroatoms. The number of hydrogen-bond donors (Lipinski definition) is 6. The van der Waals surface area contributed by atoms with Gasteiger partial charge < -0.3 is 29.4 Å². The Bertz CT molecular complexity index is 342. The van der Waals surface area contributed by atoms with Gasteiger partial charge in [0.2, 0.25) is 0 Å². The molecule has 0 aromatic carbocycles. The zero-order valence-electron chi connectivity index (χ0n) is 18.1. The molecule has 0 aliphatic heterocycles. The molecule has 0 rings (SSSR count). The molecule has 0 bridgehead atoms. The molecule has 0 aromatic rings. The topological polar surface area (TPSA) is 121 Å². The first kappa shape index (κ1) is 37.9. The first-order valence-electron chi connectivity index (χ1n) is 10.5. The number of unbranched alkanes of at least 4 members (excludes halogenated alkanes) is 15. The van der Waals surface area contributed by atoms with Crippen LogP contribution in [0, 0.1) is 0 Å². The number of rotatable bonds is 15. The van der Waals surface area contributed by atoms with Crippen LogP contribution < -0.4 is 0 Å². The maximum Gasteiger partial charge on any atom is 0.319 e. The summed E-state index contributed by atoms with van der Waals surface area (Å²) in [4.78, 5) is 45.3.